The van der Waals surface area contributed by atoms with E-state index < -0.39 is 0 Å². The van der Waals surface area contributed by atoms with E-state index in [0.29, 0.717) is 12.6 Å². The number of aliphatic hydroxyl groups excluding tert-OH is 1. The van der Waals surface area contributed by atoms with Gasteiger partial charge in [0.1, 0.15) is 5.75 Å². The molecule has 0 saturated carbocycles. The van der Waals surface area contributed by atoms with E-state index >= 15 is 0 Å². The maximum absolute atomic E-state index is 9.66. The summed E-state index contributed by atoms with van der Waals surface area (Å²) in [6.45, 7) is 15.0. The maximum atomic E-state index is 9.66. The first kappa shape index (κ1) is 21.8. The molecule has 6 heteroatoms. The van der Waals surface area contributed by atoms with E-state index in [1.807, 2.05) is 19.1 Å². The van der Waals surface area contributed by atoms with Gasteiger partial charge >= 0.3 is 0 Å². The molecule has 1 aliphatic heterocycles. The minimum atomic E-state index is 0.216. The third kappa shape index (κ3) is 5.18. The summed E-state index contributed by atoms with van der Waals surface area (Å²) in [6, 6.07) is 8.64. The molecular formula is C23H36N4O2. The van der Waals surface area contributed by atoms with Gasteiger partial charge < -0.3 is 9.84 Å². The molecule has 2 heterocycles. The Hall–Kier alpha value is -1.89. The average molecular weight is 401 g/mol. The molecule has 6 nitrogen and oxygen atoms in total. The van der Waals surface area contributed by atoms with Crippen molar-refractivity contribution in [1.82, 2.24) is 19.6 Å². The monoisotopic (exact) mass is 400 g/mol. The molecule has 2 aromatic rings. The first-order chi connectivity index (χ1) is 14.1. The minimum absolute atomic E-state index is 0.216. The standard InChI is InChI=1S/C23H36N4O2/c1-5-27-19(4)22(18(3)24-27)17-25-12-13-26(21(16-25)11-14-28)15-20-9-7-8-10-23(20)29-6-2/h7-10,21,28H,5-6,11-17H2,1-4H3/t21-/m1/s1. The molecule has 0 bridgehead atoms. The Bertz CT molecular complexity index is 789. The van der Waals surface area contributed by atoms with E-state index in [9.17, 15) is 5.11 Å². The highest BCUT2D eigenvalue weighted by molar-refractivity contribution is 5.33. The highest BCUT2D eigenvalue weighted by atomic mass is 16.5. The summed E-state index contributed by atoms with van der Waals surface area (Å²) in [6.07, 6.45) is 0.791. The zero-order valence-corrected chi connectivity index (χ0v) is 18.4. The third-order valence-electron chi connectivity index (χ3n) is 6.01. The molecule has 1 fully saturated rings. The smallest absolute Gasteiger partial charge is 0.123 e. The van der Waals surface area contributed by atoms with E-state index in [2.05, 4.69) is 52.5 Å². The molecule has 1 aromatic carbocycles. The lowest BCUT2D eigenvalue weighted by molar-refractivity contribution is 0.0492. The second-order valence-corrected chi connectivity index (χ2v) is 7.88. The number of piperazine rings is 1. The molecule has 160 valence electrons. The summed E-state index contributed by atoms with van der Waals surface area (Å²) < 4.78 is 7.91. The van der Waals surface area contributed by atoms with E-state index in [1.54, 1.807) is 0 Å². The topological polar surface area (TPSA) is 53.8 Å². The molecule has 0 radical (unpaired) electrons. The Kier molecular flexibility index (Phi) is 7.70. The molecule has 0 amide bonds. The summed E-state index contributed by atoms with van der Waals surface area (Å²) in [4.78, 5) is 5.02. The fourth-order valence-electron chi connectivity index (χ4n) is 4.38. The van der Waals surface area contributed by atoms with Crippen molar-refractivity contribution in [2.24, 2.45) is 0 Å². The Morgan fingerprint density at radius 1 is 1.14 bits per heavy atom. The van der Waals surface area contributed by atoms with Gasteiger partial charge in [-0.3, -0.25) is 14.5 Å². The largest absolute Gasteiger partial charge is 0.494 e. The van der Waals surface area contributed by atoms with Gasteiger partial charge in [-0.1, -0.05) is 18.2 Å². The number of hydrogen-bond donors (Lipinski definition) is 1. The van der Waals surface area contributed by atoms with Crippen molar-refractivity contribution in [2.75, 3.05) is 32.8 Å². The van der Waals surface area contributed by atoms with Crippen LogP contribution in [-0.2, 0) is 19.6 Å². The molecule has 3 rings (SSSR count). The fourth-order valence-corrected chi connectivity index (χ4v) is 4.38. The molecule has 0 unspecified atom stereocenters. The van der Waals surface area contributed by atoms with Crippen LogP contribution in [0.5, 0.6) is 5.75 Å². The number of rotatable bonds is 9. The highest BCUT2D eigenvalue weighted by Gasteiger charge is 2.28. The van der Waals surface area contributed by atoms with Crippen LogP contribution in [0.1, 0.15) is 42.8 Å². The van der Waals surface area contributed by atoms with Crippen LogP contribution in [0, 0.1) is 13.8 Å². The minimum Gasteiger partial charge on any atom is -0.494 e. The lowest BCUT2D eigenvalue weighted by atomic mass is 10.1. The summed E-state index contributed by atoms with van der Waals surface area (Å²) in [7, 11) is 0. The molecule has 29 heavy (non-hydrogen) atoms. The lowest BCUT2D eigenvalue weighted by Gasteiger charge is -2.41. The first-order valence-corrected chi connectivity index (χ1v) is 10.9. The summed E-state index contributed by atoms with van der Waals surface area (Å²) in [5.41, 5.74) is 4.99. The SMILES string of the molecule is CCOc1ccccc1CN1CCN(Cc2c(C)nn(CC)c2C)C[C@H]1CCO. The molecule has 0 spiro atoms. The van der Waals surface area contributed by atoms with Gasteiger partial charge in [0.25, 0.3) is 0 Å². The van der Waals surface area contributed by atoms with Crippen molar-refractivity contribution in [3.63, 3.8) is 0 Å². The fraction of sp³-hybridized carbons (Fsp3) is 0.609. The Morgan fingerprint density at radius 3 is 2.62 bits per heavy atom. The van der Waals surface area contributed by atoms with Crippen LogP contribution in [0.3, 0.4) is 0 Å². The van der Waals surface area contributed by atoms with E-state index in [4.69, 9.17) is 4.74 Å². The number of ether oxygens (including phenoxy) is 1. The van der Waals surface area contributed by atoms with Gasteiger partial charge in [0, 0.05) is 68.7 Å². The van der Waals surface area contributed by atoms with Gasteiger partial charge in [0.05, 0.1) is 12.3 Å². The van der Waals surface area contributed by atoms with Crippen molar-refractivity contribution >= 4 is 0 Å². The average Bonchev–Trinajstić information content (AvgIpc) is 2.99. The van der Waals surface area contributed by atoms with Crippen molar-refractivity contribution in [2.45, 2.75) is 59.8 Å². The number of benzene rings is 1. The summed E-state index contributed by atoms with van der Waals surface area (Å²) in [5, 5.41) is 14.3. The van der Waals surface area contributed by atoms with E-state index in [0.717, 1.165) is 57.1 Å². The number of aliphatic hydroxyl groups is 1. The van der Waals surface area contributed by atoms with Crippen molar-refractivity contribution in [3.8, 4) is 5.75 Å². The van der Waals surface area contributed by atoms with Crippen LogP contribution in [-0.4, -0.2) is 63.6 Å². The number of hydrogen-bond acceptors (Lipinski definition) is 5. The summed E-state index contributed by atoms with van der Waals surface area (Å²) >= 11 is 0. The normalized spacial score (nSPS) is 18.3. The van der Waals surface area contributed by atoms with E-state index in [-0.39, 0.29) is 6.61 Å². The predicted molar refractivity (Wildman–Crippen MR) is 116 cm³/mol. The van der Waals surface area contributed by atoms with Crippen LogP contribution in [0.15, 0.2) is 24.3 Å². The van der Waals surface area contributed by atoms with Crippen molar-refractivity contribution in [1.29, 1.82) is 0 Å². The highest BCUT2D eigenvalue weighted by Crippen LogP contribution is 2.25. The number of aromatic nitrogens is 2. The Morgan fingerprint density at radius 2 is 1.93 bits per heavy atom. The first-order valence-electron chi connectivity index (χ1n) is 10.9. The second kappa shape index (κ2) is 10.2. The zero-order valence-electron chi connectivity index (χ0n) is 18.4. The molecule has 1 N–H and O–H groups in total. The maximum Gasteiger partial charge on any atom is 0.123 e. The van der Waals surface area contributed by atoms with Crippen LogP contribution in [0.2, 0.25) is 0 Å². The predicted octanol–water partition coefficient (Wildman–Crippen LogP) is 2.99. The van der Waals surface area contributed by atoms with Crippen LogP contribution < -0.4 is 4.74 Å². The van der Waals surface area contributed by atoms with Gasteiger partial charge in [0.15, 0.2) is 0 Å². The van der Waals surface area contributed by atoms with Gasteiger partial charge in [-0.05, 0) is 40.2 Å². The number of para-hydroxylation sites is 1. The molecule has 1 aliphatic rings. The molecular weight excluding hydrogens is 364 g/mol. The third-order valence-corrected chi connectivity index (χ3v) is 6.01. The Balaban J connectivity index is 1.69. The van der Waals surface area contributed by atoms with Crippen molar-refractivity contribution < 1.29 is 9.84 Å². The molecule has 0 aliphatic carbocycles. The lowest BCUT2D eigenvalue weighted by Crippen LogP contribution is -2.52. The molecule has 1 saturated heterocycles. The summed E-state index contributed by atoms with van der Waals surface area (Å²) in [5.74, 6) is 0.971. The van der Waals surface area contributed by atoms with Crippen LogP contribution in [0.4, 0.5) is 0 Å². The van der Waals surface area contributed by atoms with Gasteiger partial charge in [-0.2, -0.15) is 5.10 Å². The quantitative estimate of drug-likeness (QED) is 0.701. The van der Waals surface area contributed by atoms with Gasteiger partial charge in [0.2, 0.25) is 0 Å². The second-order valence-electron chi connectivity index (χ2n) is 7.88. The Labute approximate surface area is 175 Å². The van der Waals surface area contributed by atoms with Gasteiger partial charge in [-0.25, -0.2) is 0 Å². The van der Waals surface area contributed by atoms with Crippen LogP contribution >= 0.6 is 0 Å². The van der Waals surface area contributed by atoms with Crippen LogP contribution in [0.25, 0.3) is 0 Å². The number of aryl methyl sites for hydroxylation is 2. The number of nitrogens with zero attached hydrogens (tertiary/aromatic N) is 4. The van der Waals surface area contributed by atoms with E-state index in [1.165, 1.54) is 16.8 Å². The zero-order chi connectivity index (χ0) is 20.8. The van der Waals surface area contributed by atoms with Gasteiger partial charge in [-0.15, -0.1) is 0 Å². The molecule has 1 atom stereocenters. The molecule has 1 aromatic heterocycles. The van der Waals surface area contributed by atoms with Crippen molar-refractivity contribution in [3.05, 3.63) is 46.8 Å².